The van der Waals surface area contributed by atoms with E-state index in [4.69, 9.17) is 4.74 Å². The molecule has 4 rings (SSSR count). The summed E-state index contributed by atoms with van der Waals surface area (Å²) < 4.78 is 45.6. The number of piperidine rings is 1. The summed E-state index contributed by atoms with van der Waals surface area (Å²) in [6.45, 7) is 1.55. The van der Waals surface area contributed by atoms with Crippen molar-refractivity contribution in [1.82, 2.24) is 9.21 Å². The number of halogens is 1. The zero-order valence-corrected chi connectivity index (χ0v) is 16.8. The molecule has 0 saturated carbocycles. The van der Waals surface area contributed by atoms with Crippen LogP contribution in [0, 0.1) is 5.82 Å². The van der Waals surface area contributed by atoms with Gasteiger partial charge in [0.05, 0.1) is 12.3 Å². The van der Waals surface area contributed by atoms with E-state index in [0.29, 0.717) is 44.6 Å². The number of ether oxygens (including phenoxy) is 1. The molecule has 2 saturated heterocycles. The lowest BCUT2D eigenvalue weighted by molar-refractivity contribution is 0.0172. The van der Waals surface area contributed by atoms with E-state index >= 15 is 0 Å². The van der Waals surface area contributed by atoms with Crippen LogP contribution in [-0.4, -0.2) is 49.0 Å². The third-order valence-electron chi connectivity index (χ3n) is 5.55. The molecule has 0 atom stereocenters. The van der Waals surface area contributed by atoms with Crippen molar-refractivity contribution in [3.8, 4) is 0 Å². The predicted octanol–water partition coefficient (Wildman–Crippen LogP) is 3.14. The van der Waals surface area contributed by atoms with Crippen molar-refractivity contribution >= 4 is 16.1 Å². The van der Waals surface area contributed by atoms with Crippen LogP contribution in [0.4, 0.5) is 9.18 Å². The Morgan fingerprint density at radius 1 is 0.966 bits per heavy atom. The van der Waals surface area contributed by atoms with Gasteiger partial charge in [-0.3, -0.25) is 4.90 Å². The van der Waals surface area contributed by atoms with Crippen molar-refractivity contribution in [3.63, 3.8) is 0 Å². The fourth-order valence-electron chi connectivity index (χ4n) is 3.93. The zero-order valence-electron chi connectivity index (χ0n) is 16.0. The van der Waals surface area contributed by atoms with E-state index in [1.165, 1.54) is 28.6 Å². The maximum absolute atomic E-state index is 13.0. The lowest BCUT2D eigenvalue weighted by atomic mass is 9.92. The number of hydrogen-bond donors (Lipinski definition) is 0. The van der Waals surface area contributed by atoms with Crippen molar-refractivity contribution < 1.29 is 22.3 Å². The average molecular weight is 418 g/mol. The molecular formula is C21H23FN2O4S. The van der Waals surface area contributed by atoms with E-state index in [9.17, 15) is 17.6 Å². The fraction of sp³-hybridized carbons (Fsp3) is 0.381. The van der Waals surface area contributed by atoms with Gasteiger partial charge in [0.15, 0.2) is 0 Å². The molecule has 8 heteroatoms. The van der Waals surface area contributed by atoms with Crippen LogP contribution in [0.1, 0.15) is 24.0 Å². The number of carbonyl (C=O) groups excluding carboxylic acids is 1. The summed E-state index contributed by atoms with van der Waals surface area (Å²) in [5.74, 6) is -0.561. The Balaban J connectivity index is 1.37. The highest BCUT2D eigenvalue weighted by Crippen LogP contribution is 2.35. The maximum Gasteiger partial charge on any atom is 0.410 e. The second-order valence-corrected chi connectivity index (χ2v) is 9.64. The van der Waals surface area contributed by atoms with Gasteiger partial charge in [0.2, 0.25) is 10.0 Å². The van der Waals surface area contributed by atoms with Gasteiger partial charge in [-0.15, -0.1) is 0 Å². The van der Waals surface area contributed by atoms with Crippen molar-refractivity contribution in [2.45, 2.75) is 30.7 Å². The van der Waals surface area contributed by atoms with E-state index in [2.05, 4.69) is 0 Å². The molecule has 0 radical (unpaired) electrons. The highest BCUT2D eigenvalue weighted by Gasteiger charge is 2.48. The molecule has 1 spiro atoms. The number of hydrogen-bond acceptors (Lipinski definition) is 4. The van der Waals surface area contributed by atoms with Crippen LogP contribution >= 0.6 is 0 Å². The number of amides is 1. The summed E-state index contributed by atoms with van der Waals surface area (Å²) in [6, 6.07) is 15.2. The first-order valence-corrected chi connectivity index (χ1v) is 11.2. The molecule has 0 unspecified atom stereocenters. The lowest BCUT2D eigenvalue weighted by Crippen LogP contribution is -2.48. The summed E-state index contributed by atoms with van der Waals surface area (Å²) in [5, 5.41) is 0. The number of carbonyl (C=O) groups is 1. The van der Waals surface area contributed by atoms with Gasteiger partial charge in [0.1, 0.15) is 11.4 Å². The second-order valence-electron chi connectivity index (χ2n) is 7.67. The van der Waals surface area contributed by atoms with Gasteiger partial charge in [-0.05, 0) is 23.3 Å². The van der Waals surface area contributed by atoms with Gasteiger partial charge in [-0.25, -0.2) is 21.9 Å². The Morgan fingerprint density at radius 2 is 1.62 bits per heavy atom. The van der Waals surface area contributed by atoms with Crippen LogP contribution < -0.4 is 0 Å². The third-order valence-corrected chi connectivity index (χ3v) is 7.40. The van der Waals surface area contributed by atoms with Crippen LogP contribution in [0.5, 0.6) is 0 Å². The monoisotopic (exact) mass is 418 g/mol. The van der Waals surface area contributed by atoms with Crippen LogP contribution in [0.15, 0.2) is 54.6 Å². The molecule has 2 aliphatic rings. The molecule has 0 bridgehead atoms. The second kappa shape index (κ2) is 7.76. The SMILES string of the molecule is O=C1OC2(CCN(S(=O)(=O)Cc3ccc(F)cc3)CC2)CN1Cc1ccccc1. The largest absolute Gasteiger partial charge is 0.441 e. The topological polar surface area (TPSA) is 66.9 Å². The Kier molecular flexibility index (Phi) is 5.31. The van der Waals surface area contributed by atoms with Crippen molar-refractivity contribution in [3.05, 3.63) is 71.5 Å². The summed E-state index contributed by atoms with van der Waals surface area (Å²) in [5.41, 5.74) is 0.946. The lowest BCUT2D eigenvalue weighted by Gasteiger charge is -2.36. The zero-order chi connectivity index (χ0) is 20.5. The van der Waals surface area contributed by atoms with E-state index < -0.39 is 21.4 Å². The highest BCUT2D eigenvalue weighted by atomic mass is 32.2. The number of sulfonamides is 1. The Bertz CT molecular complexity index is 972. The highest BCUT2D eigenvalue weighted by molar-refractivity contribution is 7.88. The molecule has 2 aromatic carbocycles. The number of benzene rings is 2. The smallest absolute Gasteiger partial charge is 0.410 e. The minimum Gasteiger partial charge on any atom is -0.441 e. The van der Waals surface area contributed by atoms with Gasteiger partial charge < -0.3 is 4.74 Å². The molecule has 0 aliphatic carbocycles. The predicted molar refractivity (Wildman–Crippen MR) is 106 cm³/mol. The summed E-state index contributed by atoms with van der Waals surface area (Å²) in [4.78, 5) is 14.0. The molecule has 0 aromatic heterocycles. The van der Waals surface area contributed by atoms with Crippen molar-refractivity contribution in [2.24, 2.45) is 0 Å². The molecule has 6 nitrogen and oxygen atoms in total. The summed E-state index contributed by atoms with van der Waals surface area (Å²) in [7, 11) is -3.51. The average Bonchev–Trinajstić information content (AvgIpc) is 2.99. The minimum absolute atomic E-state index is 0.166. The minimum atomic E-state index is -3.51. The summed E-state index contributed by atoms with van der Waals surface area (Å²) in [6.07, 6.45) is 0.579. The van der Waals surface area contributed by atoms with Gasteiger partial charge >= 0.3 is 6.09 Å². The van der Waals surface area contributed by atoms with E-state index in [-0.39, 0.29) is 11.8 Å². The Hall–Kier alpha value is -2.45. The molecule has 154 valence electrons. The standard InChI is InChI=1S/C21H23FN2O4S/c22-19-8-6-18(7-9-19)15-29(26,27)24-12-10-21(11-13-24)16-23(20(25)28-21)14-17-4-2-1-3-5-17/h1-9H,10-16H2. The van der Waals surface area contributed by atoms with Crippen molar-refractivity contribution in [1.29, 1.82) is 0 Å². The van der Waals surface area contributed by atoms with Crippen LogP contribution in [0.3, 0.4) is 0 Å². The Labute approximate surface area is 169 Å². The van der Waals surface area contributed by atoms with Crippen molar-refractivity contribution in [2.75, 3.05) is 19.6 Å². The molecular weight excluding hydrogens is 395 g/mol. The quantitative estimate of drug-likeness (QED) is 0.748. The molecule has 29 heavy (non-hydrogen) atoms. The normalized spacial score (nSPS) is 19.5. The molecule has 2 heterocycles. The molecule has 0 N–H and O–H groups in total. The molecule has 2 aliphatic heterocycles. The van der Waals surface area contributed by atoms with Gasteiger partial charge in [-0.2, -0.15) is 0 Å². The molecule has 2 aromatic rings. The van der Waals surface area contributed by atoms with E-state index in [1.54, 1.807) is 4.90 Å². The first kappa shape index (κ1) is 19.8. The Morgan fingerprint density at radius 3 is 2.28 bits per heavy atom. The van der Waals surface area contributed by atoms with Crippen LogP contribution in [0.2, 0.25) is 0 Å². The van der Waals surface area contributed by atoms with Gasteiger partial charge in [0, 0.05) is 32.5 Å². The van der Waals surface area contributed by atoms with Gasteiger partial charge in [0.25, 0.3) is 0 Å². The van der Waals surface area contributed by atoms with E-state index in [0.717, 1.165) is 5.56 Å². The first-order chi connectivity index (χ1) is 13.9. The third kappa shape index (κ3) is 4.43. The summed E-state index contributed by atoms with van der Waals surface area (Å²) >= 11 is 0. The fourth-order valence-corrected chi connectivity index (χ4v) is 5.47. The van der Waals surface area contributed by atoms with Crippen LogP contribution in [0.25, 0.3) is 0 Å². The molecule has 1 amide bonds. The number of rotatable bonds is 5. The van der Waals surface area contributed by atoms with Crippen LogP contribution in [-0.2, 0) is 27.1 Å². The van der Waals surface area contributed by atoms with Gasteiger partial charge in [-0.1, -0.05) is 42.5 Å². The maximum atomic E-state index is 13.0. The molecule has 2 fully saturated rings. The number of nitrogens with zero attached hydrogens (tertiary/aromatic N) is 2. The first-order valence-electron chi connectivity index (χ1n) is 9.59. The van der Waals surface area contributed by atoms with E-state index in [1.807, 2.05) is 30.3 Å².